The van der Waals surface area contributed by atoms with Gasteiger partial charge in [-0.3, -0.25) is 0 Å². The van der Waals surface area contributed by atoms with Gasteiger partial charge in [-0.1, -0.05) is 0 Å². The summed E-state index contributed by atoms with van der Waals surface area (Å²) in [5.74, 6) is 0. The molecule has 4 heavy (non-hydrogen) atoms. The van der Waals surface area contributed by atoms with Crippen molar-refractivity contribution >= 4 is 23.1 Å². The topological polar surface area (TPSA) is 17.1 Å². The van der Waals surface area contributed by atoms with Crippen molar-refractivity contribution < 1.29 is 57.6 Å². The molecule has 0 radical (unpaired) electrons. The molecule has 0 aromatic carbocycles. The van der Waals surface area contributed by atoms with Crippen molar-refractivity contribution in [3.05, 3.63) is 0 Å². The molecule has 0 aliphatic rings. The van der Waals surface area contributed by atoms with Crippen LogP contribution in [0.3, 0.4) is 0 Å². The van der Waals surface area contributed by atoms with Gasteiger partial charge in [0.1, 0.15) is 0 Å². The van der Waals surface area contributed by atoms with Gasteiger partial charge < -0.3 is 4.28 Å². The van der Waals surface area contributed by atoms with Crippen molar-refractivity contribution in [2.75, 3.05) is 0 Å². The molecular weight excluding hydrogens is 111 g/mol. The molecule has 0 atom stereocenters. The Labute approximate surface area is 79.5 Å². The van der Waals surface area contributed by atoms with Crippen molar-refractivity contribution in [2.45, 2.75) is 0 Å². The Hall–Kier alpha value is 2.28. The second kappa shape index (κ2) is 18.6. The Kier molecular flexibility index (Phi) is 75.7. The van der Waals surface area contributed by atoms with E-state index in [2.05, 4.69) is 0 Å². The molecule has 0 unspecified atom stereocenters. The molecule has 16 valence electrons. The fourth-order valence-electron chi connectivity index (χ4n) is 0. The van der Waals surface area contributed by atoms with Crippen LogP contribution in [-0.4, -0.2) is 23.1 Å². The molecule has 0 rings (SSSR count). The van der Waals surface area contributed by atoms with Crippen LogP contribution >= 0.6 is 0 Å². The first-order chi connectivity index (χ1) is 1.00. The van der Waals surface area contributed by atoms with Crippen LogP contribution in [0.15, 0.2) is 0 Å². The average Bonchev–Trinajstić information content (AvgIpc) is 1.00. The third-order valence-corrected chi connectivity index (χ3v) is 0. The minimum absolute atomic E-state index is 0. The van der Waals surface area contributed by atoms with E-state index < -0.39 is 0 Å². The standard InChI is InChI=1S/Mg.Na.O.Ti.3H/q+2;+1;;;3*-1. The molecule has 0 fully saturated rings. The first kappa shape index (κ1) is 16.3. The van der Waals surface area contributed by atoms with Crippen LogP contribution in [0.1, 0.15) is 4.28 Å². The monoisotopic (exact) mass is 114 g/mol. The summed E-state index contributed by atoms with van der Waals surface area (Å²) in [5, 5.41) is 0. The van der Waals surface area contributed by atoms with Crippen LogP contribution < -0.4 is 29.6 Å². The van der Waals surface area contributed by atoms with Crippen LogP contribution in [0.2, 0.25) is 0 Å². The molecule has 0 saturated carbocycles. The first-order valence-corrected chi connectivity index (χ1v) is 0.842. The summed E-state index contributed by atoms with van der Waals surface area (Å²) in [5.41, 5.74) is 0. The van der Waals surface area contributed by atoms with Gasteiger partial charge in [0, 0.05) is 0 Å². The predicted molar refractivity (Wildman–Crippen MR) is 9.78 cm³/mol. The zero-order valence-corrected chi connectivity index (χ0v) is 7.59. The van der Waals surface area contributed by atoms with Crippen LogP contribution in [-0.2, 0) is 23.7 Å². The Morgan fingerprint density at radius 3 is 1.50 bits per heavy atom. The van der Waals surface area contributed by atoms with Crippen LogP contribution in [0, 0.1) is 0 Å². The van der Waals surface area contributed by atoms with Gasteiger partial charge in [0.2, 0.25) is 0 Å². The SMILES string of the molecule is [H-].[H-].[H-].[Mg+2].[Na+].[O]=[Ti]. The number of hydrogen-bond donors (Lipinski definition) is 0. The molecule has 0 N–H and O–H groups in total. The summed E-state index contributed by atoms with van der Waals surface area (Å²) in [7, 11) is 0. The molecule has 0 saturated heterocycles. The van der Waals surface area contributed by atoms with Gasteiger partial charge in [0.15, 0.2) is 0 Å². The van der Waals surface area contributed by atoms with Gasteiger partial charge in [-0.15, -0.1) is 0 Å². The second-order valence-corrected chi connectivity index (χ2v) is 0. The third kappa shape index (κ3) is 8.86. The first-order valence-electron chi connectivity index (χ1n) is 0.204. The fourth-order valence-corrected chi connectivity index (χ4v) is 0. The van der Waals surface area contributed by atoms with Gasteiger partial charge in [-0.2, -0.15) is 0 Å². The molecule has 0 aliphatic carbocycles. The van der Waals surface area contributed by atoms with Crippen molar-refractivity contribution in [1.82, 2.24) is 0 Å². The van der Waals surface area contributed by atoms with E-state index in [1.54, 1.807) is 0 Å². The number of hydrogen-bond acceptors (Lipinski definition) is 1. The van der Waals surface area contributed by atoms with Crippen molar-refractivity contribution in [1.29, 1.82) is 0 Å². The molecule has 0 aromatic heterocycles. The molecule has 1 nitrogen and oxygen atoms in total. The zero-order chi connectivity index (χ0) is 2.00. The molecular formula is H3MgNaOTi. The van der Waals surface area contributed by atoms with E-state index in [1.165, 1.54) is 0 Å². The van der Waals surface area contributed by atoms with Crippen LogP contribution in [0.4, 0.5) is 0 Å². The van der Waals surface area contributed by atoms with Gasteiger partial charge in [0.25, 0.3) is 0 Å². The minimum atomic E-state index is 0. The van der Waals surface area contributed by atoms with E-state index in [9.17, 15) is 0 Å². The Morgan fingerprint density at radius 2 is 1.50 bits per heavy atom. The summed E-state index contributed by atoms with van der Waals surface area (Å²) < 4.78 is 8.25. The normalized spacial score (nSPS) is 0.750. The van der Waals surface area contributed by atoms with Gasteiger partial charge in [-0.05, 0) is 0 Å². The second-order valence-electron chi connectivity index (χ2n) is 0. The van der Waals surface area contributed by atoms with Gasteiger partial charge in [-0.25, -0.2) is 0 Å². The molecule has 0 aromatic rings. The summed E-state index contributed by atoms with van der Waals surface area (Å²) in [6, 6.07) is 0. The zero-order valence-electron chi connectivity index (χ0n) is 5.62. The van der Waals surface area contributed by atoms with Gasteiger partial charge in [0.05, 0.1) is 0 Å². The van der Waals surface area contributed by atoms with E-state index in [4.69, 9.17) is 3.32 Å². The fraction of sp³-hybridized carbons (Fsp3) is 0. The maximum absolute atomic E-state index is 8.25. The molecule has 0 aliphatic heterocycles. The van der Waals surface area contributed by atoms with Crippen molar-refractivity contribution in [3.8, 4) is 0 Å². The molecule has 0 heterocycles. The van der Waals surface area contributed by atoms with E-state index >= 15 is 0 Å². The summed E-state index contributed by atoms with van der Waals surface area (Å²) in [4.78, 5) is 0. The quantitative estimate of drug-likeness (QED) is 0.304. The Morgan fingerprint density at radius 1 is 1.50 bits per heavy atom. The van der Waals surface area contributed by atoms with Gasteiger partial charge >= 0.3 is 76.3 Å². The Bertz CT molecular complexity index is 14.9. The van der Waals surface area contributed by atoms with Crippen LogP contribution in [0.25, 0.3) is 0 Å². The molecule has 4 heteroatoms. The maximum atomic E-state index is 8.25. The van der Waals surface area contributed by atoms with E-state index in [1.807, 2.05) is 0 Å². The summed E-state index contributed by atoms with van der Waals surface area (Å²) >= 11 is 0.750. The van der Waals surface area contributed by atoms with Crippen molar-refractivity contribution in [3.63, 3.8) is 0 Å². The number of rotatable bonds is 0. The summed E-state index contributed by atoms with van der Waals surface area (Å²) in [6.07, 6.45) is 0. The summed E-state index contributed by atoms with van der Waals surface area (Å²) in [6.45, 7) is 0. The predicted octanol–water partition coefficient (Wildman–Crippen LogP) is -3.16. The van der Waals surface area contributed by atoms with E-state index in [0.29, 0.717) is 0 Å². The molecule has 0 bridgehead atoms. The van der Waals surface area contributed by atoms with E-state index in [-0.39, 0.29) is 56.9 Å². The third-order valence-electron chi connectivity index (χ3n) is 0. The Balaban J connectivity index is -0.000000000500. The van der Waals surface area contributed by atoms with Crippen molar-refractivity contribution in [2.24, 2.45) is 0 Å². The molecule has 0 spiro atoms. The average molecular weight is 114 g/mol. The van der Waals surface area contributed by atoms with E-state index in [0.717, 1.165) is 20.4 Å². The molecule has 0 amide bonds. The van der Waals surface area contributed by atoms with Crippen LogP contribution in [0.5, 0.6) is 0 Å².